The van der Waals surface area contributed by atoms with Crippen molar-refractivity contribution in [1.29, 1.82) is 0 Å². The first-order valence-corrected chi connectivity index (χ1v) is 9.76. The first-order valence-electron chi connectivity index (χ1n) is 9.76. The van der Waals surface area contributed by atoms with Crippen LogP contribution in [0.2, 0.25) is 0 Å². The van der Waals surface area contributed by atoms with E-state index in [9.17, 15) is 4.79 Å². The van der Waals surface area contributed by atoms with Crippen molar-refractivity contribution in [2.24, 2.45) is 0 Å². The van der Waals surface area contributed by atoms with Crippen LogP contribution >= 0.6 is 0 Å². The van der Waals surface area contributed by atoms with Gasteiger partial charge in [0.15, 0.2) is 5.75 Å². The number of anilines is 1. The number of nitrogens with one attached hydrogen (secondary N) is 1. The summed E-state index contributed by atoms with van der Waals surface area (Å²) in [6.07, 6.45) is 3.56. The second-order valence-corrected chi connectivity index (χ2v) is 6.95. The zero-order valence-corrected chi connectivity index (χ0v) is 16.6. The van der Waals surface area contributed by atoms with Crippen molar-refractivity contribution >= 4 is 17.2 Å². The molecule has 4 rings (SSSR count). The van der Waals surface area contributed by atoms with Crippen molar-refractivity contribution in [3.63, 3.8) is 0 Å². The van der Waals surface area contributed by atoms with Crippen LogP contribution in [-0.2, 0) is 6.42 Å². The molecule has 0 aliphatic heterocycles. The van der Waals surface area contributed by atoms with Crippen molar-refractivity contribution in [2.45, 2.75) is 26.7 Å². The Labute approximate surface area is 170 Å². The number of hydrogen-bond donors (Lipinski definition) is 1. The minimum absolute atomic E-state index is 0.200. The van der Waals surface area contributed by atoms with Gasteiger partial charge in [-0.05, 0) is 55.3 Å². The summed E-state index contributed by atoms with van der Waals surface area (Å²) >= 11 is 0. The zero-order valence-electron chi connectivity index (χ0n) is 16.6. The van der Waals surface area contributed by atoms with E-state index in [1.54, 1.807) is 0 Å². The molecule has 1 N–H and O–H groups in total. The lowest BCUT2D eigenvalue weighted by atomic mass is 10.2. The smallest absolute Gasteiger partial charge is 0.274 e. The third-order valence-electron chi connectivity index (χ3n) is 4.66. The van der Waals surface area contributed by atoms with Crippen molar-refractivity contribution in [1.82, 2.24) is 9.38 Å². The summed E-state index contributed by atoms with van der Waals surface area (Å²) in [7, 11) is 0. The van der Waals surface area contributed by atoms with Gasteiger partial charge >= 0.3 is 0 Å². The SMILES string of the molecule is CCCc1nc2cc(C)ccn2c1C(=O)Nc1ccccc1Oc1ccccc1. The molecule has 2 aromatic heterocycles. The zero-order chi connectivity index (χ0) is 20.2. The molecule has 0 saturated carbocycles. The minimum Gasteiger partial charge on any atom is -0.455 e. The third kappa shape index (κ3) is 3.99. The van der Waals surface area contributed by atoms with Gasteiger partial charge < -0.3 is 10.1 Å². The summed E-state index contributed by atoms with van der Waals surface area (Å²) in [6.45, 7) is 4.10. The standard InChI is InChI=1S/C24H23N3O2/c1-3-9-20-23(27-15-14-17(2)16-22(27)25-20)24(28)26-19-12-7-8-13-21(19)29-18-10-5-4-6-11-18/h4-8,10-16H,3,9H2,1-2H3,(H,26,28). The normalized spacial score (nSPS) is 10.8. The molecular formula is C24H23N3O2. The quantitative estimate of drug-likeness (QED) is 0.467. The van der Waals surface area contributed by atoms with Crippen molar-refractivity contribution in [3.8, 4) is 11.5 Å². The fourth-order valence-electron chi connectivity index (χ4n) is 3.30. The van der Waals surface area contributed by atoms with Crippen LogP contribution in [0, 0.1) is 6.92 Å². The maximum Gasteiger partial charge on any atom is 0.274 e. The van der Waals surface area contributed by atoms with Crippen molar-refractivity contribution in [2.75, 3.05) is 5.32 Å². The number of benzene rings is 2. The monoisotopic (exact) mass is 385 g/mol. The molecule has 0 bridgehead atoms. The summed E-state index contributed by atoms with van der Waals surface area (Å²) in [5.74, 6) is 1.11. The lowest BCUT2D eigenvalue weighted by molar-refractivity contribution is 0.102. The highest BCUT2D eigenvalue weighted by atomic mass is 16.5. The second kappa shape index (κ2) is 8.19. The lowest BCUT2D eigenvalue weighted by Crippen LogP contribution is -2.17. The maximum absolute atomic E-state index is 13.2. The van der Waals surface area contributed by atoms with E-state index in [1.165, 1.54) is 0 Å². The summed E-state index contributed by atoms with van der Waals surface area (Å²) in [6, 6.07) is 20.9. The lowest BCUT2D eigenvalue weighted by Gasteiger charge is -2.12. The maximum atomic E-state index is 13.2. The summed E-state index contributed by atoms with van der Waals surface area (Å²) < 4.78 is 7.83. The molecule has 29 heavy (non-hydrogen) atoms. The molecule has 0 spiro atoms. The van der Waals surface area contributed by atoms with E-state index in [4.69, 9.17) is 4.74 Å². The average Bonchev–Trinajstić information content (AvgIpc) is 3.07. The predicted octanol–water partition coefficient (Wildman–Crippen LogP) is 5.64. The van der Waals surface area contributed by atoms with E-state index < -0.39 is 0 Å². The van der Waals surface area contributed by atoms with Crippen LogP contribution in [0.15, 0.2) is 72.9 Å². The van der Waals surface area contributed by atoms with Gasteiger partial charge in [0.1, 0.15) is 17.1 Å². The topological polar surface area (TPSA) is 55.6 Å². The molecule has 5 heteroatoms. The Morgan fingerprint density at radius 3 is 2.62 bits per heavy atom. The number of hydrogen-bond acceptors (Lipinski definition) is 3. The van der Waals surface area contributed by atoms with Crippen LogP contribution in [0.1, 0.15) is 35.1 Å². The molecular weight excluding hydrogens is 362 g/mol. The van der Waals surface area contributed by atoms with Crippen molar-refractivity contribution < 1.29 is 9.53 Å². The van der Waals surface area contributed by atoms with Crippen LogP contribution in [0.3, 0.4) is 0 Å². The van der Waals surface area contributed by atoms with Gasteiger partial charge in [-0.25, -0.2) is 4.98 Å². The number of aromatic nitrogens is 2. The number of ether oxygens (including phenoxy) is 1. The number of para-hydroxylation sites is 3. The summed E-state index contributed by atoms with van der Waals surface area (Å²) in [5.41, 5.74) is 3.88. The predicted molar refractivity (Wildman–Crippen MR) is 115 cm³/mol. The Hall–Kier alpha value is -3.60. The Morgan fingerprint density at radius 1 is 1.07 bits per heavy atom. The van der Waals surface area contributed by atoms with Gasteiger partial charge in [-0.2, -0.15) is 0 Å². The molecule has 146 valence electrons. The molecule has 2 heterocycles. The van der Waals surface area contributed by atoms with Gasteiger partial charge in [-0.15, -0.1) is 0 Å². The van der Waals surface area contributed by atoms with Gasteiger partial charge in [0.25, 0.3) is 5.91 Å². The van der Waals surface area contributed by atoms with E-state index >= 15 is 0 Å². The van der Waals surface area contributed by atoms with Gasteiger partial charge in [-0.1, -0.05) is 43.7 Å². The van der Waals surface area contributed by atoms with Gasteiger partial charge in [-0.3, -0.25) is 9.20 Å². The number of imidazole rings is 1. The first-order chi connectivity index (χ1) is 14.2. The largest absolute Gasteiger partial charge is 0.455 e. The minimum atomic E-state index is -0.200. The van der Waals surface area contributed by atoms with Crippen LogP contribution in [0.25, 0.3) is 5.65 Å². The van der Waals surface area contributed by atoms with Crippen LogP contribution in [0.5, 0.6) is 11.5 Å². The van der Waals surface area contributed by atoms with Gasteiger partial charge in [0.2, 0.25) is 0 Å². The molecule has 0 saturated heterocycles. The van der Waals surface area contributed by atoms with Crippen LogP contribution in [-0.4, -0.2) is 15.3 Å². The van der Waals surface area contributed by atoms with Crippen LogP contribution < -0.4 is 10.1 Å². The molecule has 4 aromatic rings. The average molecular weight is 385 g/mol. The van der Waals surface area contributed by atoms with E-state index in [1.807, 2.05) is 84.3 Å². The Kier molecular flexibility index (Phi) is 5.29. The Morgan fingerprint density at radius 2 is 1.83 bits per heavy atom. The number of aryl methyl sites for hydroxylation is 2. The number of rotatable bonds is 6. The molecule has 0 aliphatic rings. The number of amides is 1. The molecule has 0 aliphatic carbocycles. The van der Waals surface area contributed by atoms with E-state index in [-0.39, 0.29) is 5.91 Å². The molecule has 0 atom stereocenters. The highest BCUT2D eigenvalue weighted by Crippen LogP contribution is 2.30. The molecule has 0 radical (unpaired) electrons. The molecule has 0 fully saturated rings. The molecule has 2 aromatic carbocycles. The Balaban J connectivity index is 1.68. The summed E-state index contributed by atoms with van der Waals surface area (Å²) in [5, 5.41) is 3.01. The summed E-state index contributed by atoms with van der Waals surface area (Å²) in [4.78, 5) is 17.9. The molecule has 0 unspecified atom stereocenters. The van der Waals surface area contributed by atoms with E-state index in [0.717, 1.165) is 29.7 Å². The second-order valence-electron chi connectivity index (χ2n) is 6.95. The highest BCUT2D eigenvalue weighted by molar-refractivity contribution is 6.05. The fraction of sp³-hybridized carbons (Fsp3) is 0.167. The number of carbonyl (C=O) groups excluding carboxylic acids is 1. The number of carbonyl (C=O) groups is 1. The molecule has 5 nitrogen and oxygen atoms in total. The van der Waals surface area contributed by atoms with Crippen LogP contribution in [0.4, 0.5) is 5.69 Å². The first kappa shape index (κ1) is 18.7. The molecule has 1 amide bonds. The highest BCUT2D eigenvalue weighted by Gasteiger charge is 2.20. The van der Waals surface area contributed by atoms with E-state index in [2.05, 4.69) is 17.2 Å². The van der Waals surface area contributed by atoms with E-state index in [0.29, 0.717) is 22.9 Å². The van der Waals surface area contributed by atoms with Gasteiger partial charge in [0.05, 0.1) is 11.4 Å². The van der Waals surface area contributed by atoms with Gasteiger partial charge in [0, 0.05) is 6.20 Å². The number of nitrogens with zero attached hydrogens (tertiary/aromatic N) is 2. The Bertz CT molecular complexity index is 1150. The number of pyridine rings is 1. The van der Waals surface area contributed by atoms with Crippen molar-refractivity contribution in [3.05, 3.63) is 89.9 Å². The third-order valence-corrected chi connectivity index (χ3v) is 4.66. The fourth-order valence-corrected chi connectivity index (χ4v) is 3.30. The number of fused-ring (bicyclic) bond motifs is 1.